The average molecular weight is 238 g/mol. The van der Waals surface area contributed by atoms with E-state index in [1.54, 1.807) is 26.2 Å². The molecular formula is C13H18O4. The highest BCUT2D eigenvalue weighted by atomic mass is 16.5. The summed E-state index contributed by atoms with van der Waals surface area (Å²) < 4.78 is 9.86. The summed E-state index contributed by atoms with van der Waals surface area (Å²) in [5.41, 5.74) is 0.744. The molecule has 1 aromatic rings. The molecule has 1 aromatic carbocycles. The number of methoxy groups -OCH3 is 1. The Morgan fingerprint density at radius 2 is 2.24 bits per heavy atom. The van der Waals surface area contributed by atoms with Crippen LogP contribution in [0.3, 0.4) is 0 Å². The summed E-state index contributed by atoms with van der Waals surface area (Å²) in [5, 5.41) is 9.89. The predicted molar refractivity (Wildman–Crippen MR) is 63.8 cm³/mol. The number of esters is 1. The molecule has 0 spiro atoms. The van der Waals surface area contributed by atoms with Crippen molar-refractivity contribution in [3.05, 3.63) is 29.8 Å². The number of rotatable bonds is 6. The van der Waals surface area contributed by atoms with Crippen LogP contribution in [0.1, 0.15) is 31.4 Å². The van der Waals surface area contributed by atoms with Crippen LogP contribution < -0.4 is 4.74 Å². The standard InChI is InChI=1S/C13H18O4/c1-3-17-13(15)8-7-12(14)10-5-4-6-11(9-10)16-2/h4-6,9,12,14H,3,7-8H2,1-2H3. The number of carbonyl (C=O) groups excluding carboxylic acids is 1. The quantitative estimate of drug-likeness (QED) is 0.771. The molecule has 0 bridgehead atoms. The van der Waals surface area contributed by atoms with Crippen LogP contribution in [0.5, 0.6) is 5.75 Å². The number of hydrogen-bond donors (Lipinski definition) is 1. The van der Waals surface area contributed by atoms with Gasteiger partial charge in [0.05, 0.1) is 19.8 Å². The van der Waals surface area contributed by atoms with Crippen LogP contribution in [0, 0.1) is 0 Å². The van der Waals surface area contributed by atoms with Crippen molar-refractivity contribution in [2.75, 3.05) is 13.7 Å². The molecule has 94 valence electrons. The molecule has 1 atom stereocenters. The molecule has 0 heterocycles. The van der Waals surface area contributed by atoms with Gasteiger partial charge in [0.2, 0.25) is 0 Å². The lowest BCUT2D eigenvalue weighted by molar-refractivity contribution is -0.143. The first kappa shape index (κ1) is 13.5. The maximum atomic E-state index is 11.1. The number of aliphatic hydroxyl groups is 1. The van der Waals surface area contributed by atoms with Gasteiger partial charge in [-0.3, -0.25) is 4.79 Å². The molecule has 0 amide bonds. The summed E-state index contributed by atoms with van der Waals surface area (Å²) in [7, 11) is 1.57. The molecule has 17 heavy (non-hydrogen) atoms. The zero-order valence-corrected chi connectivity index (χ0v) is 10.2. The van der Waals surface area contributed by atoms with Crippen LogP contribution in [-0.4, -0.2) is 24.8 Å². The fourth-order valence-electron chi connectivity index (χ4n) is 1.50. The fraction of sp³-hybridized carbons (Fsp3) is 0.462. The number of benzene rings is 1. The Hall–Kier alpha value is -1.55. The van der Waals surface area contributed by atoms with E-state index >= 15 is 0 Å². The highest BCUT2D eigenvalue weighted by molar-refractivity contribution is 5.69. The first-order valence-electron chi connectivity index (χ1n) is 5.65. The molecule has 0 radical (unpaired) electrons. The minimum atomic E-state index is -0.672. The second-order valence-electron chi connectivity index (χ2n) is 3.64. The van der Waals surface area contributed by atoms with Crippen LogP contribution in [0.4, 0.5) is 0 Å². The van der Waals surface area contributed by atoms with Gasteiger partial charge in [0.1, 0.15) is 5.75 Å². The maximum Gasteiger partial charge on any atom is 0.305 e. The van der Waals surface area contributed by atoms with Gasteiger partial charge in [-0.1, -0.05) is 12.1 Å². The van der Waals surface area contributed by atoms with Gasteiger partial charge in [-0.25, -0.2) is 0 Å². The van der Waals surface area contributed by atoms with Crippen molar-refractivity contribution in [1.29, 1.82) is 0 Å². The van der Waals surface area contributed by atoms with Crippen molar-refractivity contribution in [3.63, 3.8) is 0 Å². The summed E-state index contributed by atoms with van der Waals surface area (Å²) in [6, 6.07) is 7.18. The van der Waals surface area contributed by atoms with E-state index in [1.165, 1.54) is 0 Å². The van der Waals surface area contributed by atoms with E-state index in [1.807, 2.05) is 12.1 Å². The van der Waals surface area contributed by atoms with Crippen molar-refractivity contribution in [2.45, 2.75) is 25.9 Å². The van der Waals surface area contributed by atoms with Crippen molar-refractivity contribution < 1.29 is 19.4 Å². The first-order chi connectivity index (χ1) is 8.17. The average Bonchev–Trinajstić information content (AvgIpc) is 2.36. The van der Waals surface area contributed by atoms with Gasteiger partial charge in [-0.2, -0.15) is 0 Å². The van der Waals surface area contributed by atoms with Crippen molar-refractivity contribution in [1.82, 2.24) is 0 Å². The third-order valence-electron chi connectivity index (χ3n) is 2.41. The Bertz CT molecular complexity index is 362. The van der Waals surface area contributed by atoms with Crippen molar-refractivity contribution >= 4 is 5.97 Å². The van der Waals surface area contributed by atoms with Gasteiger partial charge in [-0.05, 0) is 31.0 Å². The number of hydrogen-bond acceptors (Lipinski definition) is 4. The van der Waals surface area contributed by atoms with Crippen LogP contribution in [0.2, 0.25) is 0 Å². The second-order valence-corrected chi connectivity index (χ2v) is 3.64. The smallest absolute Gasteiger partial charge is 0.305 e. The van der Waals surface area contributed by atoms with Gasteiger partial charge < -0.3 is 14.6 Å². The molecule has 0 aliphatic heterocycles. The summed E-state index contributed by atoms with van der Waals surface area (Å²) >= 11 is 0. The SMILES string of the molecule is CCOC(=O)CCC(O)c1cccc(OC)c1. The van der Waals surface area contributed by atoms with Crippen LogP contribution in [0.25, 0.3) is 0 Å². The Balaban J connectivity index is 2.51. The Morgan fingerprint density at radius 3 is 2.88 bits per heavy atom. The molecule has 0 saturated carbocycles. The monoisotopic (exact) mass is 238 g/mol. The summed E-state index contributed by atoms with van der Waals surface area (Å²) in [6.45, 7) is 2.13. The van der Waals surface area contributed by atoms with Gasteiger partial charge in [0.25, 0.3) is 0 Å². The molecule has 0 aromatic heterocycles. The zero-order valence-electron chi connectivity index (χ0n) is 10.2. The van der Waals surface area contributed by atoms with Gasteiger partial charge in [0.15, 0.2) is 0 Å². The lowest BCUT2D eigenvalue weighted by Crippen LogP contribution is -2.07. The molecule has 1 N–H and O–H groups in total. The van der Waals surface area contributed by atoms with Gasteiger partial charge in [-0.15, -0.1) is 0 Å². The molecule has 0 fully saturated rings. The highest BCUT2D eigenvalue weighted by Crippen LogP contribution is 2.22. The Morgan fingerprint density at radius 1 is 1.47 bits per heavy atom. The Kier molecular flexibility index (Phi) is 5.49. The van der Waals surface area contributed by atoms with Gasteiger partial charge in [0, 0.05) is 6.42 Å². The van der Waals surface area contributed by atoms with E-state index in [0.717, 1.165) is 5.56 Å². The molecule has 4 nitrogen and oxygen atoms in total. The maximum absolute atomic E-state index is 11.1. The summed E-state index contributed by atoms with van der Waals surface area (Å²) in [6.07, 6.45) is -0.104. The largest absolute Gasteiger partial charge is 0.497 e. The normalized spacial score (nSPS) is 11.9. The minimum absolute atomic E-state index is 0.215. The molecule has 0 saturated heterocycles. The molecular weight excluding hydrogens is 220 g/mol. The second kappa shape index (κ2) is 6.91. The molecule has 4 heteroatoms. The lowest BCUT2D eigenvalue weighted by atomic mass is 10.0. The van der Waals surface area contributed by atoms with E-state index < -0.39 is 6.10 Å². The minimum Gasteiger partial charge on any atom is -0.497 e. The Labute approximate surface area is 101 Å². The topological polar surface area (TPSA) is 55.8 Å². The number of aliphatic hydroxyl groups excluding tert-OH is 1. The molecule has 0 aliphatic carbocycles. The predicted octanol–water partition coefficient (Wildman–Crippen LogP) is 2.07. The molecule has 1 unspecified atom stereocenters. The van der Waals surface area contributed by atoms with Crippen LogP contribution in [0.15, 0.2) is 24.3 Å². The van der Waals surface area contributed by atoms with E-state index in [-0.39, 0.29) is 12.4 Å². The van der Waals surface area contributed by atoms with E-state index in [9.17, 15) is 9.90 Å². The number of carbonyl (C=O) groups is 1. The third-order valence-corrected chi connectivity index (χ3v) is 2.41. The van der Waals surface area contributed by atoms with Crippen LogP contribution in [-0.2, 0) is 9.53 Å². The van der Waals surface area contributed by atoms with Crippen LogP contribution >= 0.6 is 0 Å². The van der Waals surface area contributed by atoms with E-state index in [0.29, 0.717) is 18.8 Å². The third kappa shape index (κ3) is 4.44. The summed E-state index contributed by atoms with van der Waals surface area (Å²) in [4.78, 5) is 11.1. The molecule has 1 rings (SSSR count). The van der Waals surface area contributed by atoms with E-state index in [2.05, 4.69) is 0 Å². The van der Waals surface area contributed by atoms with Crippen molar-refractivity contribution in [2.24, 2.45) is 0 Å². The van der Waals surface area contributed by atoms with Crippen molar-refractivity contribution in [3.8, 4) is 5.75 Å². The fourth-order valence-corrected chi connectivity index (χ4v) is 1.50. The number of ether oxygens (including phenoxy) is 2. The highest BCUT2D eigenvalue weighted by Gasteiger charge is 2.11. The lowest BCUT2D eigenvalue weighted by Gasteiger charge is -2.11. The van der Waals surface area contributed by atoms with E-state index in [4.69, 9.17) is 9.47 Å². The first-order valence-corrected chi connectivity index (χ1v) is 5.65. The molecule has 0 aliphatic rings. The summed E-state index contributed by atoms with van der Waals surface area (Å²) in [5.74, 6) is 0.409. The van der Waals surface area contributed by atoms with Gasteiger partial charge >= 0.3 is 5.97 Å². The zero-order chi connectivity index (χ0) is 12.7.